The van der Waals surface area contributed by atoms with Crippen molar-refractivity contribution in [2.24, 2.45) is 0 Å². The van der Waals surface area contributed by atoms with Crippen LogP contribution < -0.4 is 11.4 Å². The van der Waals surface area contributed by atoms with E-state index in [1.165, 1.54) is 12.1 Å². The minimum Gasteiger partial charge on any atom is -0.398 e. The van der Waals surface area contributed by atoms with Crippen molar-refractivity contribution in [3.05, 3.63) is 52.5 Å². The van der Waals surface area contributed by atoms with E-state index in [1.54, 1.807) is 27.6 Å². The summed E-state index contributed by atoms with van der Waals surface area (Å²) in [6.07, 6.45) is 5.70. The third-order valence-corrected chi connectivity index (χ3v) is 3.26. The molecule has 0 aliphatic heterocycles. The van der Waals surface area contributed by atoms with E-state index in [-0.39, 0.29) is 11.5 Å². The van der Waals surface area contributed by atoms with Gasteiger partial charge in [-0.3, -0.25) is 9.13 Å². The highest BCUT2D eigenvalue weighted by atomic mass is 19.1. The van der Waals surface area contributed by atoms with E-state index in [0.717, 1.165) is 18.4 Å². The monoisotopic (exact) mass is 247 g/mol. The van der Waals surface area contributed by atoms with Gasteiger partial charge in [0.2, 0.25) is 0 Å². The smallest absolute Gasteiger partial charge is 0.328 e. The molecule has 0 saturated heterocycles. The Kier molecular flexibility index (Phi) is 2.47. The van der Waals surface area contributed by atoms with E-state index in [2.05, 4.69) is 0 Å². The summed E-state index contributed by atoms with van der Waals surface area (Å²) in [5.41, 5.74) is 6.84. The van der Waals surface area contributed by atoms with Gasteiger partial charge in [0.25, 0.3) is 0 Å². The zero-order valence-electron chi connectivity index (χ0n) is 9.84. The molecule has 4 nitrogen and oxygen atoms in total. The molecule has 3 rings (SSSR count). The third-order valence-electron chi connectivity index (χ3n) is 3.26. The second-order valence-electron chi connectivity index (χ2n) is 4.69. The Morgan fingerprint density at radius 3 is 2.78 bits per heavy atom. The van der Waals surface area contributed by atoms with E-state index in [4.69, 9.17) is 5.73 Å². The van der Waals surface area contributed by atoms with Gasteiger partial charge >= 0.3 is 5.69 Å². The summed E-state index contributed by atoms with van der Waals surface area (Å²) in [4.78, 5) is 12.0. The SMILES string of the molecule is Nc1cc(F)ccc1Cn1ccn(C2CC2)c1=O. The minimum absolute atomic E-state index is 0.0266. The van der Waals surface area contributed by atoms with Gasteiger partial charge in [-0.05, 0) is 30.5 Å². The van der Waals surface area contributed by atoms with Gasteiger partial charge in [-0.2, -0.15) is 0 Å². The molecule has 94 valence electrons. The second-order valence-corrected chi connectivity index (χ2v) is 4.69. The number of nitrogen functional groups attached to an aromatic ring is 1. The summed E-state index contributed by atoms with van der Waals surface area (Å²) in [6.45, 7) is 0.380. The van der Waals surface area contributed by atoms with E-state index in [1.807, 2.05) is 0 Å². The van der Waals surface area contributed by atoms with Crippen molar-refractivity contribution in [3.8, 4) is 0 Å². The maximum absolute atomic E-state index is 12.9. The third kappa shape index (κ3) is 1.92. The van der Waals surface area contributed by atoms with Crippen LogP contribution in [0.3, 0.4) is 0 Å². The summed E-state index contributed by atoms with van der Waals surface area (Å²) in [5.74, 6) is -0.362. The maximum Gasteiger partial charge on any atom is 0.328 e. The normalized spacial score (nSPS) is 14.9. The molecule has 1 aromatic heterocycles. The van der Waals surface area contributed by atoms with Crippen LogP contribution in [0.2, 0.25) is 0 Å². The van der Waals surface area contributed by atoms with Crippen molar-refractivity contribution < 1.29 is 4.39 Å². The van der Waals surface area contributed by atoms with Gasteiger partial charge in [0, 0.05) is 24.1 Å². The van der Waals surface area contributed by atoms with E-state index < -0.39 is 0 Å². The molecular weight excluding hydrogens is 233 g/mol. The van der Waals surface area contributed by atoms with Gasteiger partial charge in [-0.1, -0.05) is 6.07 Å². The Balaban J connectivity index is 1.90. The fourth-order valence-electron chi connectivity index (χ4n) is 2.07. The fourth-order valence-corrected chi connectivity index (χ4v) is 2.07. The molecule has 0 atom stereocenters. The van der Waals surface area contributed by atoms with Gasteiger partial charge in [0.05, 0.1) is 6.54 Å². The number of anilines is 1. The standard InChI is InChI=1S/C13H14FN3O/c14-10-2-1-9(12(15)7-10)8-16-5-6-17(13(16)18)11-3-4-11/h1-2,5-7,11H,3-4,8,15H2. The maximum atomic E-state index is 12.9. The first-order valence-corrected chi connectivity index (χ1v) is 5.96. The molecule has 2 aromatic rings. The molecule has 1 aromatic carbocycles. The molecule has 1 aliphatic carbocycles. The Bertz CT molecular complexity index is 640. The number of imidazole rings is 1. The number of halogens is 1. The lowest BCUT2D eigenvalue weighted by Gasteiger charge is -2.06. The minimum atomic E-state index is -0.362. The Hall–Kier alpha value is -2.04. The van der Waals surface area contributed by atoms with Crippen molar-refractivity contribution in [1.82, 2.24) is 9.13 Å². The predicted octanol–water partition coefficient (Wildman–Crippen LogP) is 1.75. The van der Waals surface area contributed by atoms with Gasteiger partial charge < -0.3 is 5.73 Å². The topological polar surface area (TPSA) is 52.9 Å². The Morgan fingerprint density at radius 1 is 1.33 bits per heavy atom. The first-order chi connectivity index (χ1) is 8.65. The van der Waals surface area contributed by atoms with Crippen LogP contribution in [0.5, 0.6) is 0 Å². The van der Waals surface area contributed by atoms with E-state index in [0.29, 0.717) is 18.3 Å². The Labute approximate surface area is 103 Å². The molecule has 2 N–H and O–H groups in total. The number of rotatable bonds is 3. The second kappa shape index (κ2) is 4.01. The van der Waals surface area contributed by atoms with Gasteiger partial charge in [0.1, 0.15) is 5.82 Å². The van der Waals surface area contributed by atoms with Crippen LogP contribution in [-0.4, -0.2) is 9.13 Å². The molecule has 0 spiro atoms. The number of hydrogen-bond acceptors (Lipinski definition) is 2. The highest BCUT2D eigenvalue weighted by Crippen LogP contribution is 2.33. The lowest BCUT2D eigenvalue weighted by Crippen LogP contribution is -2.24. The van der Waals surface area contributed by atoms with E-state index in [9.17, 15) is 9.18 Å². The van der Waals surface area contributed by atoms with Gasteiger partial charge in [-0.25, -0.2) is 9.18 Å². The van der Waals surface area contributed by atoms with Crippen molar-refractivity contribution in [2.75, 3.05) is 5.73 Å². The van der Waals surface area contributed by atoms with Crippen molar-refractivity contribution in [3.63, 3.8) is 0 Å². The van der Waals surface area contributed by atoms with Crippen LogP contribution in [0, 0.1) is 5.82 Å². The number of nitrogens with zero attached hydrogens (tertiary/aromatic N) is 2. The highest BCUT2D eigenvalue weighted by molar-refractivity contribution is 5.46. The van der Waals surface area contributed by atoms with Crippen molar-refractivity contribution >= 4 is 5.69 Å². The van der Waals surface area contributed by atoms with Crippen molar-refractivity contribution in [2.45, 2.75) is 25.4 Å². The predicted molar refractivity (Wildman–Crippen MR) is 66.9 cm³/mol. The molecule has 1 fully saturated rings. The summed E-state index contributed by atoms with van der Waals surface area (Å²) < 4.78 is 16.3. The zero-order chi connectivity index (χ0) is 12.7. The summed E-state index contributed by atoms with van der Waals surface area (Å²) in [7, 11) is 0. The molecule has 0 radical (unpaired) electrons. The highest BCUT2D eigenvalue weighted by Gasteiger charge is 2.25. The van der Waals surface area contributed by atoms with Crippen LogP contribution in [0.15, 0.2) is 35.4 Å². The lowest BCUT2D eigenvalue weighted by molar-refractivity contribution is 0.625. The average molecular weight is 247 g/mol. The molecule has 1 saturated carbocycles. The quantitative estimate of drug-likeness (QED) is 0.840. The Morgan fingerprint density at radius 2 is 2.11 bits per heavy atom. The fraction of sp³-hybridized carbons (Fsp3) is 0.308. The number of hydrogen-bond donors (Lipinski definition) is 1. The van der Waals surface area contributed by atoms with Crippen LogP contribution >= 0.6 is 0 Å². The van der Waals surface area contributed by atoms with Gasteiger partial charge in [-0.15, -0.1) is 0 Å². The first kappa shape index (κ1) is 11.1. The molecule has 1 aliphatic rings. The number of aromatic nitrogens is 2. The number of benzene rings is 1. The number of nitrogens with two attached hydrogens (primary N) is 1. The average Bonchev–Trinajstić information content (AvgIpc) is 3.10. The van der Waals surface area contributed by atoms with Crippen LogP contribution in [-0.2, 0) is 6.54 Å². The van der Waals surface area contributed by atoms with Crippen molar-refractivity contribution in [1.29, 1.82) is 0 Å². The molecule has 0 bridgehead atoms. The molecule has 1 heterocycles. The summed E-state index contributed by atoms with van der Waals surface area (Å²) in [5, 5.41) is 0. The summed E-state index contributed by atoms with van der Waals surface area (Å²) in [6, 6.07) is 4.61. The van der Waals surface area contributed by atoms with Gasteiger partial charge in [0.15, 0.2) is 0 Å². The lowest BCUT2D eigenvalue weighted by atomic mass is 10.2. The van der Waals surface area contributed by atoms with Crippen LogP contribution in [0.1, 0.15) is 24.4 Å². The summed E-state index contributed by atoms with van der Waals surface area (Å²) >= 11 is 0. The molecule has 0 unspecified atom stereocenters. The van der Waals surface area contributed by atoms with Crippen LogP contribution in [0.4, 0.5) is 10.1 Å². The van der Waals surface area contributed by atoms with Crippen LogP contribution in [0.25, 0.3) is 0 Å². The zero-order valence-corrected chi connectivity index (χ0v) is 9.84. The van der Waals surface area contributed by atoms with E-state index >= 15 is 0 Å². The molecule has 0 amide bonds. The molecule has 5 heteroatoms. The first-order valence-electron chi connectivity index (χ1n) is 5.96. The largest absolute Gasteiger partial charge is 0.398 e. The molecular formula is C13H14FN3O. The molecule has 18 heavy (non-hydrogen) atoms.